The summed E-state index contributed by atoms with van der Waals surface area (Å²) in [6.07, 6.45) is 2.86. The molecule has 1 aromatic rings. The predicted molar refractivity (Wildman–Crippen MR) is 94.5 cm³/mol. The van der Waals surface area contributed by atoms with Gasteiger partial charge in [-0.25, -0.2) is 9.59 Å². The third-order valence-corrected chi connectivity index (χ3v) is 4.67. The van der Waals surface area contributed by atoms with Crippen molar-refractivity contribution in [1.82, 2.24) is 10.6 Å². The van der Waals surface area contributed by atoms with Gasteiger partial charge in [-0.15, -0.1) is 0 Å². The van der Waals surface area contributed by atoms with Gasteiger partial charge < -0.3 is 14.8 Å². The van der Waals surface area contributed by atoms with Crippen LogP contribution in [0, 0.1) is 0 Å². The molecule has 0 bridgehead atoms. The molecule has 0 aromatic heterocycles. The van der Waals surface area contributed by atoms with Gasteiger partial charge in [-0.05, 0) is 53.9 Å². The summed E-state index contributed by atoms with van der Waals surface area (Å²) in [6.45, 7) is 1.41. The Kier molecular flexibility index (Phi) is 6.81. The van der Waals surface area contributed by atoms with Gasteiger partial charge in [-0.1, -0.05) is 12.8 Å². The van der Waals surface area contributed by atoms with E-state index < -0.39 is 24.0 Å². The summed E-state index contributed by atoms with van der Waals surface area (Å²) in [4.78, 5) is 36.0. The Balaban J connectivity index is 1.89. The van der Waals surface area contributed by atoms with Gasteiger partial charge in [0, 0.05) is 10.5 Å². The topological polar surface area (TPSA) is 93.7 Å². The van der Waals surface area contributed by atoms with Crippen LogP contribution in [0.15, 0.2) is 22.7 Å². The SMILES string of the molecule is COc1ccc(Br)c(C(=O)O[C@@H](C)C(=O)NC(=O)NC2CCCC2)c1. The van der Waals surface area contributed by atoms with E-state index >= 15 is 0 Å². The van der Waals surface area contributed by atoms with Gasteiger partial charge in [0.1, 0.15) is 5.75 Å². The fourth-order valence-corrected chi connectivity index (χ4v) is 2.98. The quantitative estimate of drug-likeness (QED) is 0.725. The van der Waals surface area contributed by atoms with Crippen LogP contribution in [0.25, 0.3) is 0 Å². The van der Waals surface area contributed by atoms with E-state index in [9.17, 15) is 14.4 Å². The van der Waals surface area contributed by atoms with Crippen molar-refractivity contribution in [3.8, 4) is 5.75 Å². The molecule has 8 heteroatoms. The van der Waals surface area contributed by atoms with Crippen LogP contribution < -0.4 is 15.4 Å². The minimum Gasteiger partial charge on any atom is -0.497 e. The van der Waals surface area contributed by atoms with E-state index in [0.717, 1.165) is 25.7 Å². The van der Waals surface area contributed by atoms with Crippen LogP contribution in [0.5, 0.6) is 5.75 Å². The molecule has 0 aliphatic heterocycles. The number of carbonyl (C=O) groups is 3. The van der Waals surface area contributed by atoms with Crippen LogP contribution in [0.2, 0.25) is 0 Å². The second-order valence-corrected chi connectivity index (χ2v) is 6.69. The molecule has 1 saturated carbocycles. The van der Waals surface area contributed by atoms with Crippen molar-refractivity contribution in [3.63, 3.8) is 0 Å². The van der Waals surface area contributed by atoms with Crippen LogP contribution in [0.3, 0.4) is 0 Å². The Bertz CT molecular complexity index is 658. The highest BCUT2D eigenvalue weighted by Crippen LogP contribution is 2.23. The van der Waals surface area contributed by atoms with Crippen LogP contribution >= 0.6 is 15.9 Å². The Hall–Kier alpha value is -2.09. The normalized spacial score (nSPS) is 15.3. The van der Waals surface area contributed by atoms with Gasteiger partial charge in [0.15, 0.2) is 6.10 Å². The molecule has 1 aliphatic carbocycles. The Morgan fingerprint density at radius 1 is 1.24 bits per heavy atom. The fraction of sp³-hybridized carbons (Fsp3) is 0.471. The largest absolute Gasteiger partial charge is 0.497 e. The molecule has 1 aliphatic rings. The average molecular weight is 413 g/mol. The van der Waals surface area contributed by atoms with Crippen molar-refractivity contribution in [1.29, 1.82) is 0 Å². The molecule has 1 fully saturated rings. The zero-order valence-electron chi connectivity index (χ0n) is 14.1. The summed E-state index contributed by atoms with van der Waals surface area (Å²) >= 11 is 3.26. The maximum absolute atomic E-state index is 12.2. The van der Waals surface area contributed by atoms with Gasteiger partial charge in [-0.2, -0.15) is 0 Å². The van der Waals surface area contributed by atoms with Gasteiger partial charge in [0.25, 0.3) is 5.91 Å². The first-order valence-corrected chi connectivity index (χ1v) is 8.86. The van der Waals surface area contributed by atoms with Gasteiger partial charge >= 0.3 is 12.0 Å². The van der Waals surface area contributed by atoms with Gasteiger partial charge in [-0.3, -0.25) is 10.1 Å². The van der Waals surface area contributed by atoms with Crippen molar-refractivity contribution in [3.05, 3.63) is 28.2 Å². The summed E-state index contributed by atoms with van der Waals surface area (Å²) in [5.41, 5.74) is 0.231. The van der Waals surface area contributed by atoms with E-state index in [4.69, 9.17) is 9.47 Å². The lowest BCUT2D eigenvalue weighted by Gasteiger charge is -2.16. The molecule has 3 amide bonds. The summed E-state index contributed by atoms with van der Waals surface area (Å²) < 4.78 is 10.7. The number of benzene rings is 1. The number of ether oxygens (including phenoxy) is 2. The Labute approximate surface area is 154 Å². The molecular weight excluding hydrogens is 392 g/mol. The standard InChI is InChI=1S/C17H21BrN2O5/c1-10(15(21)20-17(23)19-11-5-3-4-6-11)25-16(22)13-9-12(24-2)7-8-14(13)18/h7-11H,3-6H2,1-2H3,(H2,19,20,21,23)/t10-/m0/s1. The minimum absolute atomic E-state index is 0.0957. The highest BCUT2D eigenvalue weighted by atomic mass is 79.9. The summed E-state index contributed by atoms with van der Waals surface area (Å²) in [7, 11) is 1.48. The molecule has 25 heavy (non-hydrogen) atoms. The van der Waals surface area contributed by atoms with E-state index in [1.807, 2.05) is 0 Å². The lowest BCUT2D eigenvalue weighted by Crippen LogP contribution is -2.47. The zero-order valence-corrected chi connectivity index (χ0v) is 15.7. The number of nitrogens with one attached hydrogen (secondary N) is 2. The number of hydrogen-bond acceptors (Lipinski definition) is 5. The lowest BCUT2D eigenvalue weighted by molar-refractivity contribution is -0.127. The van der Waals surface area contributed by atoms with Crippen LogP contribution in [0.4, 0.5) is 4.79 Å². The van der Waals surface area contributed by atoms with Crippen LogP contribution in [-0.4, -0.2) is 37.2 Å². The first-order valence-electron chi connectivity index (χ1n) is 8.06. The summed E-state index contributed by atoms with van der Waals surface area (Å²) in [5.74, 6) is -0.879. The molecular formula is C17H21BrN2O5. The molecule has 2 N–H and O–H groups in total. The molecule has 0 radical (unpaired) electrons. The van der Waals surface area contributed by atoms with Crippen molar-refractivity contribution in [2.75, 3.05) is 7.11 Å². The van der Waals surface area contributed by atoms with E-state index in [2.05, 4.69) is 26.6 Å². The van der Waals surface area contributed by atoms with Gasteiger partial charge in [0.05, 0.1) is 12.7 Å². The van der Waals surface area contributed by atoms with Crippen LogP contribution in [0.1, 0.15) is 43.0 Å². The molecule has 0 spiro atoms. The predicted octanol–water partition coefficient (Wildman–Crippen LogP) is 2.77. The zero-order chi connectivity index (χ0) is 18.4. The number of carbonyl (C=O) groups excluding carboxylic acids is 3. The number of rotatable bonds is 5. The minimum atomic E-state index is -1.11. The number of imide groups is 1. The third kappa shape index (κ3) is 5.45. The number of halogens is 1. The van der Waals surface area contributed by atoms with Crippen molar-refractivity contribution in [2.24, 2.45) is 0 Å². The molecule has 1 atom stereocenters. The number of urea groups is 1. The van der Waals surface area contributed by atoms with Gasteiger partial charge in [0.2, 0.25) is 0 Å². The maximum Gasteiger partial charge on any atom is 0.340 e. The number of amides is 3. The average Bonchev–Trinajstić information content (AvgIpc) is 3.07. The van der Waals surface area contributed by atoms with Crippen molar-refractivity contribution < 1.29 is 23.9 Å². The number of esters is 1. The number of methoxy groups -OCH3 is 1. The first-order chi connectivity index (χ1) is 11.9. The van der Waals surface area contributed by atoms with Crippen molar-refractivity contribution in [2.45, 2.75) is 44.8 Å². The summed E-state index contributed by atoms with van der Waals surface area (Å²) in [5, 5.41) is 4.94. The molecule has 0 saturated heterocycles. The molecule has 0 heterocycles. The van der Waals surface area contributed by atoms with Crippen LogP contribution in [-0.2, 0) is 9.53 Å². The molecule has 136 valence electrons. The van der Waals surface area contributed by atoms with E-state index in [1.54, 1.807) is 12.1 Å². The van der Waals surface area contributed by atoms with E-state index in [0.29, 0.717) is 10.2 Å². The smallest absolute Gasteiger partial charge is 0.340 e. The molecule has 2 rings (SSSR count). The lowest BCUT2D eigenvalue weighted by atomic mass is 10.2. The Morgan fingerprint density at radius 3 is 2.56 bits per heavy atom. The Morgan fingerprint density at radius 2 is 1.92 bits per heavy atom. The molecule has 7 nitrogen and oxygen atoms in total. The second-order valence-electron chi connectivity index (χ2n) is 5.84. The summed E-state index contributed by atoms with van der Waals surface area (Å²) in [6, 6.07) is 4.37. The fourth-order valence-electron chi connectivity index (χ4n) is 2.57. The highest BCUT2D eigenvalue weighted by Gasteiger charge is 2.24. The maximum atomic E-state index is 12.2. The third-order valence-electron chi connectivity index (χ3n) is 3.97. The first kappa shape index (κ1) is 19.2. The van der Waals surface area contributed by atoms with Crippen molar-refractivity contribution >= 4 is 33.8 Å². The molecule has 0 unspecified atom stereocenters. The molecule has 1 aromatic carbocycles. The van der Waals surface area contributed by atoms with E-state index in [-0.39, 0.29) is 11.6 Å². The van der Waals surface area contributed by atoms with E-state index in [1.165, 1.54) is 20.1 Å². The second kappa shape index (κ2) is 8.84. The monoisotopic (exact) mass is 412 g/mol. The highest BCUT2D eigenvalue weighted by molar-refractivity contribution is 9.10. The number of hydrogen-bond donors (Lipinski definition) is 2.